The molecular formula is C30H56O16. The molecule has 0 aromatic rings. The van der Waals surface area contributed by atoms with Gasteiger partial charge in [-0.15, -0.1) is 0 Å². The van der Waals surface area contributed by atoms with Crippen molar-refractivity contribution in [1.29, 1.82) is 0 Å². The number of aliphatic hydroxyl groups excluding tert-OH is 10. The summed E-state index contributed by atoms with van der Waals surface area (Å²) in [5.41, 5.74) is 0. The lowest BCUT2D eigenvalue weighted by atomic mass is 9.98. The smallest absolute Gasteiger partial charge is 0.187 e. The van der Waals surface area contributed by atoms with E-state index in [2.05, 4.69) is 6.92 Å². The number of hydrogen-bond acceptors (Lipinski definition) is 16. The zero-order valence-electron chi connectivity index (χ0n) is 26.5. The highest BCUT2D eigenvalue weighted by molar-refractivity contribution is 5.56. The van der Waals surface area contributed by atoms with Crippen LogP contribution in [0.3, 0.4) is 0 Å². The van der Waals surface area contributed by atoms with Gasteiger partial charge in [0.2, 0.25) is 0 Å². The van der Waals surface area contributed by atoms with Crippen molar-refractivity contribution in [3.63, 3.8) is 0 Å². The van der Waals surface area contributed by atoms with E-state index in [9.17, 15) is 55.9 Å². The lowest BCUT2D eigenvalue weighted by Crippen LogP contribution is -2.62. The quantitative estimate of drug-likeness (QED) is 0.0388. The lowest BCUT2D eigenvalue weighted by Gasteiger charge is -2.44. The van der Waals surface area contributed by atoms with Gasteiger partial charge in [-0.1, -0.05) is 64.7 Å². The van der Waals surface area contributed by atoms with Crippen molar-refractivity contribution in [1.82, 2.24) is 0 Å². The van der Waals surface area contributed by atoms with Gasteiger partial charge in [0.05, 0.1) is 19.8 Å². The Balaban J connectivity index is 1.98. The summed E-state index contributed by atoms with van der Waals surface area (Å²) in [6.07, 6.45) is -12.0. The molecule has 2 aliphatic rings. The lowest BCUT2D eigenvalue weighted by molar-refractivity contribution is -0.337. The Hall–Kier alpha value is -0.930. The van der Waals surface area contributed by atoms with Crippen LogP contribution in [0.2, 0.25) is 0 Å². The van der Waals surface area contributed by atoms with Gasteiger partial charge in [0.15, 0.2) is 18.9 Å². The van der Waals surface area contributed by atoms with Gasteiger partial charge in [-0.05, 0) is 6.42 Å². The van der Waals surface area contributed by atoms with Crippen LogP contribution in [0.25, 0.3) is 0 Å². The summed E-state index contributed by atoms with van der Waals surface area (Å²) in [7, 11) is 0. The van der Waals surface area contributed by atoms with E-state index in [1.165, 1.54) is 32.1 Å². The molecule has 2 saturated heterocycles. The van der Waals surface area contributed by atoms with Crippen molar-refractivity contribution in [2.45, 2.75) is 157 Å². The van der Waals surface area contributed by atoms with E-state index < -0.39 is 106 Å². The molecule has 0 aromatic heterocycles. The van der Waals surface area contributed by atoms with Gasteiger partial charge in [-0.25, -0.2) is 0 Å². The number of hydrogen-bond donors (Lipinski definition) is 10. The van der Waals surface area contributed by atoms with Crippen molar-refractivity contribution in [2.75, 3.05) is 26.4 Å². The largest absolute Gasteiger partial charge is 0.394 e. The summed E-state index contributed by atoms with van der Waals surface area (Å²) in [5.74, 6) is 0. The van der Waals surface area contributed by atoms with Gasteiger partial charge in [0.1, 0.15) is 73.2 Å². The molecule has 10 N–H and O–H groups in total. The number of rotatable bonds is 23. The standard InChI is InChI=1S/C30H56O16/c1-2-3-4-5-6-7-8-9-10-11-12-42-28-26(40)24(38)20(16-44-29-27(41)25(39)23(37)19(14-32)45-29)46-30(28)43-15-18(34)22(36)21(35)17(33)13-31/h13,17-30,32-41H,2-12,14-16H2,1H3/t17-,18+,19+,20+,21+,22+,23+,24+,25-,26-,27+,28+,29-,30-/m0/s1. The van der Waals surface area contributed by atoms with Crippen molar-refractivity contribution >= 4 is 6.29 Å². The van der Waals surface area contributed by atoms with Crippen molar-refractivity contribution in [3.8, 4) is 0 Å². The molecular weight excluding hydrogens is 616 g/mol. The minimum atomic E-state index is -2.01. The van der Waals surface area contributed by atoms with E-state index in [4.69, 9.17) is 23.7 Å². The second-order valence-electron chi connectivity index (χ2n) is 12.1. The first kappa shape index (κ1) is 41.2. The monoisotopic (exact) mass is 672 g/mol. The molecule has 0 radical (unpaired) electrons. The maximum absolute atomic E-state index is 11.0. The first-order valence-corrected chi connectivity index (χ1v) is 16.3. The third-order valence-corrected chi connectivity index (χ3v) is 8.39. The SMILES string of the molecule is CCCCCCCCCCCCO[C@H]1[C@@H](OC[C@@H](O)[C@@H](O)[C@H](O)[C@@H](O)C=O)O[C@H](CO[C@H]2O[C@H](CO)[C@@H](O)[C@H](O)[C@H]2O)[C@@H](O)[C@@H]1O. The Morgan fingerprint density at radius 2 is 1.22 bits per heavy atom. The van der Waals surface area contributed by atoms with Gasteiger partial charge in [0.25, 0.3) is 0 Å². The molecule has 0 aromatic carbocycles. The summed E-state index contributed by atoms with van der Waals surface area (Å²) in [6, 6.07) is 0. The van der Waals surface area contributed by atoms with Crippen LogP contribution in [0.5, 0.6) is 0 Å². The van der Waals surface area contributed by atoms with Crippen LogP contribution in [0, 0.1) is 0 Å². The normalized spacial score (nSPS) is 34.6. The molecule has 0 saturated carbocycles. The van der Waals surface area contributed by atoms with Gasteiger partial charge in [0, 0.05) is 6.61 Å². The molecule has 0 amide bonds. The third-order valence-electron chi connectivity index (χ3n) is 8.39. The van der Waals surface area contributed by atoms with E-state index in [0.717, 1.165) is 25.7 Å². The van der Waals surface area contributed by atoms with Crippen LogP contribution in [0.15, 0.2) is 0 Å². The average Bonchev–Trinajstić information content (AvgIpc) is 3.06. The Kier molecular flexibility index (Phi) is 19.7. The predicted octanol–water partition coefficient (Wildman–Crippen LogP) is -2.79. The number of carbonyl (C=O) groups excluding carboxylic acids is 1. The van der Waals surface area contributed by atoms with Crippen LogP contribution >= 0.6 is 0 Å². The Bertz CT molecular complexity index is 807. The summed E-state index contributed by atoms with van der Waals surface area (Å²) < 4.78 is 27.9. The van der Waals surface area contributed by atoms with E-state index in [0.29, 0.717) is 6.42 Å². The van der Waals surface area contributed by atoms with Crippen LogP contribution in [0.1, 0.15) is 71.1 Å². The minimum Gasteiger partial charge on any atom is -0.394 e. The highest BCUT2D eigenvalue weighted by atomic mass is 16.7. The number of ether oxygens (including phenoxy) is 5. The first-order valence-electron chi connectivity index (χ1n) is 16.3. The van der Waals surface area contributed by atoms with Crippen molar-refractivity contribution < 1.29 is 79.5 Å². The Morgan fingerprint density at radius 3 is 1.80 bits per heavy atom. The summed E-state index contributed by atoms with van der Waals surface area (Å²) in [6.45, 7) is 0.416. The predicted molar refractivity (Wildman–Crippen MR) is 158 cm³/mol. The molecule has 0 unspecified atom stereocenters. The van der Waals surface area contributed by atoms with E-state index in [1.807, 2.05) is 0 Å². The first-order chi connectivity index (χ1) is 22.0. The second-order valence-corrected chi connectivity index (χ2v) is 12.1. The van der Waals surface area contributed by atoms with Crippen LogP contribution < -0.4 is 0 Å². The molecule has 2 heterocycles. The van der Waals surface area contributed by atoms with Gasteiger partial charge >= 0.3 is 0 Å². The topological polar surface area (TPSA) is 266 Å². The Labute approximate surface area is 269 Å². The number of unbranched alkanes of at least 4 members (excludes halogenated alkanes) is 9. The fourth-order valence-corrected chi connectivity index (χ4v) is 5.36. The zero-order chi connectivity index (χ0) is 34.2. The molecule has 14 atom stereocenters. The average molecular weight is 673 g/mol. The highest BCUT2D eigenvalue weighted by Gasteiger charge is 2.48. The van der Waals surface area contributed by atoms with E-state index in [-0.39, 0.29) is 12.9 Å². The maximum Gasteiger partial charge on any atom is 0.187 e. The fraction of sp³-hybridized carbons (Fsp3) is 0.967. The van der Waals surface area contributed by atoms with Gasteiger partial charge in [-0.3, -0.25) is 0 Å². The molecule has 0 bridgehead atoms. The minimum absolute atomic E-state index is 0.0129. The van der Waals surface area contributed by atoms with Crippen LogP contribution in [0.4, 0.5) is 0 Å². The second kappa shape index (κ2) is 21.9. The maximum atomic E-state index is 11.0. The number of aliphatic hydroxyl groups is 10. The molecule has 2 rings (SSSR count). The van der Waals surface area contributed by atoms with Crippen molar-refractivity contribution in [3.05, 3.63) is 0 Å². The molecule has 16 nitrogen and oxygen atoms in total. The highest BCUT2D eigenvalue weighted by Crippen LogP contribution is 2.28. The molecule has 2 aliphatic heterocycles. The third kappa shape index (κ3) is 12.5. The molecule has 0 spiro atoms. The molecule has 272 valence electrons. The molecule has 0 aliphatic carbocycles. The van der Waals surface area contributed by atoms with Gasteiger partial charge < -0.3 is 79.5 Å². The number of carbonyl (C=O) groups is 1. The molecule has 16 heteroatoms. The summed E-state index contributed by atoms with van der Waals surface area (Å²) in [4.78, 5) is 10.7. The summed E-state index contributed by atoms with van der Waals surface area (Å²) in [5, 5.41) is 101. The molecule has 46 heavy (non-hydrogen) atoms. The summed E-state index contributed by atoms with van der Waals surface area (Å²) >= 11 is 0. The van der Waals surface area contributed by atoms with Crippen LogP contribution in [-0.4, -0.2) is 170 Å². The fourth-order valence-electron chi connectivity index (χ4n) is 5.36. The molecule has 2 fully saturated rings. The Morgan fingerprint density at radius 1 is 0.652 bits per heavy atom. The van der Waals surface area contributed by atoms with Crippen molar-refractivity contribution in [2.24, 2.45) is 0 Å². The van der Waals surface area contributed by atoms with Gasteiger partial charge in [-0.2, -0.15) is 0 Å². The van der Waals surface area contributed by atoms with E-state index >= 15 is 0 Å². The zero-order valence-corrected chi connectivity index (χ0v) is 26.5. The van der Waals surface area contributed by atoms with Crippen LogP contribution in [-0.2, 0) is 28.5 Å². The van der Waals surface area contributed by atoms with E-state index in [1.54, 1.807) is 0 Å². The number of aldehydes is 1.